The highest BCUT2D eigenvalue weighted by atomic mass is 19.4. The van der Waals surface area contributed by atoms with E-state index in [2.05, 4.69) is 47.0 Å². The normalized spacial score (nSPS) is 24.7. The fraction of sp³-hybridized carbons (Fsp3) is 0.500. The van der Waals surface area contributed by atoms with E-state index in [9.17, 15) is 23.2 Å². The fourth-order valence-corrected chi connectivity index (χ4v) is 7.18. The predicted octanol–water partition coefficient (Wildman–Crippen LogP) is 4.99. The molecule has 1 amide bonds. The van der Waals surface area contributed by atoms with E-state index in [1.165, 1.54) is 11.0 Å². The highest BCUT2D eigenvalue weighted by Crippen LogP contribution is 2.52. The molecule has 3 aromatic rings. The molecule has 1 saturated heterocycles. The Morgan fingerprint density at radius 3 is 2.56 bits per heavy atom. The molecular weight excluding hydrogens is 555 g/mol. The number of carbonyl (C=O) groups excluding carboxylic acids is 1. The van der Waals surface area contributed by atoms with Crippen LogP contribution in [-0.4, -0.2) is 63.2 Å². The van der Waals surface area contributed by atoms with Crippen LogP contribution in [0.1, 0.15) is 65.1 Å². The van der Waals surface area contributed by atoms with Gasteiger partial charge < -0.3 is 14.4 Å². The van der Waals surface area contributed by atoms with Gasteiger partial charge in [-0.3, -0.25) is 9.69 Å². The van der Waals surface area contributed by atoms with Gasteiger partial charge in [0.15, 0.2) is 0 Å². The molecule has 3 aliphatic rings. The molecule has 43 heavy (non-hydrogen) atoms. The van der Waals surface area contributed by atoms with Crippen LogP contribution in [0.15, 0.2) is 42.7 Å². The Hall–Kier alpha value is -3.75. The average molecular weight is 592 g/mol. The lowest BCUT2D eigenvalue weighted by atomic mass is 9.58. The zero-order valence-electron chi connectivity index (χ0n) is 24.9. The Bertz CT molecular complexity index is 1580. The number of rotatable bonds is 6. The third-order valence-electron chi connectivity index (χ3n) is 9.52. The van der Waals surface area contributed by atoms with Gasteiger partial charge in [0.2, 0.25) is 0 Å². The van der Waals surface area contributed by atoms with Gasteiger partial charge >= 0.3 is 6.18 Å². The number of fused-ring (bicyclic) bond motifs is 1. The van der Waals surface area contributed by atoms with E-state index >= 15 is 0 Å². The fourth-order valence-electron chi connectivity index (χ4n) is 7.18. The van der Waals surface area contributed by atoms with Crippen LogP contribution >= 0.6 is 0 Å². The number of halogens is 3. The number of piperazine rings is 1. The zero-order valence-corrected chi connectivity index (χ0v) is 24.9. The molecule has 8 nitrogen and oxygen atoms in total. The number of carbonyl (C=O) groups is 1. The summed E-state index contributed by atoms with van der Waals surface area (Å²) >= 11 is 0. The first-order valence-electron chi connectivity index (χ1n) is 14.7. The Labute approximate surface area is 249 Å². The molecule has 6 rings (SSSR count). The van der Waals surface area contributed by atoms with Crippen molar-refractivity contribution in [1.29, 1.82) is 5.26 Å². The van der Waals surface area contributed by atoms with Crippen LogP contribution in [0.4, 0.5) is 18.9 Å². The summed E-state index contributed by atoms with van der Waals surface area (Å²) in [5, 5.41) is 17.9. The molecule has 0 spiro atoms. The van der Waals surface area contributed by atoms with E-state index in [0.717, 1.165) is 31.0 Å². The predicted molar refractivity (Wildman–Crippen MR) is 155 cm³/mol. The number of alkyl halides is 3. The lowest BCUT2D eigenvalue weighted by Crippen LogP contribution is -2.53. The first-order chi connectivity index (χ1) is 20.4. The molecule has 226 valence electrons. The number of hydrogen-bond donors (Lipinski definition) is 0. The van der Waals surface area contributed by atoms with Gasteiger partial charge in [0, 0.05) is 56.4 Å². The molecule has 0 unspecified atom stereocenters. The largest absolute Gasteiger partial charge is 0.416 e. The monoisotopic (exact) mass is 591 g/mol. The summed E-state index contributed by atoms with van der Waals surface area (Å²) in [5.74, 6) is 0.489. The maximum Gasteiger partial charge on any atom is 0.416 e. The van der Waals surface area contributed by atoms with Gasteiger partial charge in [-0.25, -0.2) is 0 Å². The number of nitriles is 1. The minimum atomic E-state index is -4.59. The summed E-state index contributed by atoms with van der Waals surface area (Å²) in [6.07, 6.45) is -1.87. The number of aryl methyl sites for hydroxylation is 1. The van der Waals surface area contributed by atoms with Crippen LogP contribution in [0.3, 0.4) is 0 Å². The first-order valence-corrected chi connectivity index (χ1v) is 14.7. The zero-order chi connectivity index (χ0) is 30.7. The molecule has 1 atom stereocenters. The van der Waals surface area contributed by atoms with Gasteiger partial charge in [-0.05, 0) is 66.8 Å². The number of benzene rings is 2. The minimum absolute atomic E-state index is 0.0154. The molecule has 1 saturated carbocycles. The van der Waals surface area contributed by atoms with Crippen LogP contribution in [0, 0.1) is 23.2 Å². The summed E-state index contributed by atoms with van der Waals surface area (Å²) in [6.45, 7) is 6.91. The minimum Gasteiger partial charge on any atom is -0.320 e. The molecule has 2 fully saturated rings. The van der Waals surface area contributed by atoms with Crippen LogP contribution in [-0.2, 0) is 31.7 Å². The summed E-state index contributed by atoms with van der Waals surface area (Å²) in [5.41, 5.74) is 0.717. The first kappa shape index (κ1) is 29.3. The molecule has 0 N–H and O–H groups in total. The van der Waals surface area contributed by atoms with E-state index in [-0.39, 0.29) is 29.6 Å². The lowest BCUT2D eigenvalue weighted by Gasteiger charge is -2.44. The Morgan fingerprint density at radius 1 is 1.14 bits per heavy atom. The van der Waals surface area contributed by atoms with Gasteiger partial charge in [0.1, 0.15) is 12.2 Å². The van der Waals surface area contributed by atoms with Gasteiger partial charge in [-0.1, -0.05) is 26.0 Å². The number of aromatic nitrogens is 3. The Balaban J connectivity index is 1.34. The topological polar surface area (TPSA) is 81.3 Å². The summed E-state index contributed by atoms with van der Waals surface area (Å²) in [7, 11) is 3.91. The molecule has 0 radical (unpaired) electrons. The Kier molecular flexibility index (Phi) is 7.33. The van der Waals surface area contributed by atoms with E-state index < -0.39 is 23.1 Å². The molecule has 1 aromatic heterocycles. The average Bonchev–Trinajstić information content (AvgIpc) is 3.51. The molecule has 2 aromatic carbocycles. The van der Waals surface area contributed by atoms with Gasteiger partial charge in [-0.15, -0.1) is 10.2 Å². The maximum atomic E-state index is 14.5. The van der Waals surface area contributed by atoms with Crippen molar-refractivity contribution in [3.8, 4) is 6.07 Å². The summed E-state index contributed by atoms with van der Waals surface area (Å²) in [6, 6.07) is 12.8. The molecule has 3 heterocycles. The van der Waals surface area contributed by atoms with E-state index in [4.69, 9.17) is 0 Å². The summed E-state index contributed by atoms with van der Waals surface area (Å²) < 4.78 is 45.2. The van der Waals surface area contributed by atoms with Crippen molar-refractivity contribution < 1.29 is 18.0 Å². The van der Waals surface area contributed by atoms with E-state index in [1.807, 2.05) is 29.8 Å². The number of anilines is 1. The highest BCUT2D eigenvalue weighted by Gasteiger charge is 2.50. The number of nitrogens with zero attached hydrogens (tertiary/aromatic N) is 7. The van der Waals surface area contributed by atoms with Gasteiger partial charge in [0.05, 0.1) is 23.6 Å². The number of hydrogen-bond acceptors (Lipinski definition) is 6. The second kappa shape index (κ2) is 10.8. The van der Waals surface area contributed by atoms with Gasteiger partial charge in [0.25, 0.3) is 5.91 Å². The third kappa shape index (κ3) is 5.10. The molecular formula is C32H36F3N7O. The number of amides is 1. The molecule has 11 heteroatoms. The van der Waals surface area contributed by atoms with Crippen molar-refractivity contribution in [2.75, 3.05) is 31.6 Å². The second-order valence-corrected chi connectivity index (χ2v) is 12.7. The Morgan fingerprint density at radius 2 is 1.91 bits per heavy atom. The standard InChI is InChI=1S/C32H36F3N7O/c1-20(2)28-18-39(3)8-9-41(28)16-21-10-25-26(27(11-21)32(33,34)35)17-42(29(25)43)24-7-5-6-23(12-24)31(13-22(14-31)15-36)30-38-37-19-40(30)4/h5-7,10-12,19-20,22,28H,8-9,13-14,16-18H2,1-4H3/t22-,28-,31+/m1/s1. The molecule has 0 bridgehead atoms. The van der Waals surface area contributed by atoms with Crippen molar-refractivity contribution >= 4 is 11.6 Å². The van der Waals surface area contributed by atoms with Crippen molar-refractivity contribution in [2.45, 2.75) is 57.4 Å². The van der Waals surface area contributed by atoms with Crippen LogP contribution in [0.2, 0.25) is 0 Å². The van der Waals surface area contributed by atoms with Crippen molar-refractivity contribution in [3.63, 3.8) is 0 Å². The van der Waals surface area contributed by atoms with E-state index in [1.54, 1.807) is 18.5 Å². The smallest absolute Gasteiger partial charge is 0.320 e. The van der Waals surface area contributed by atoms with Crippen LogP contribution in [0.5, 0.6) is 0 Å². The van der Waals surface area contributed by atoms with Crippen molar-refractivity contribution in [1.82, 2.24) is 24.6 Å². The summed E-state index contributed by atoms with van der Waals surface area (Å²) in [4.78, 5) is 19.8. The third-order valence-corrected chi connectivity index (χ3v) is 9.52. The second-order valence-electron chi connectivity index (χ2n) is 12.7. The molecule has 1 aliphatic carbocycles. The van der Waals surface area contributed by atoms with Crippen molar-refractivity contribution in [3.05, 3.63) is 76.4 Å². The molecule has 2 aliphatic heterocycles. The number of likely N-dealkylation sites (N-methyl/N-ethyl adjacent to an activating group) is 1. The van der Waals surface area contributed by atoms with Crippen molar-refractivity contribution in [2.24, 2.45) is 18.9 Å². The van der Waals surface area contributed by atoms with Crippen LogP contribution in [0.25, 0.3) is 0 Å². The highest BCUT2D eigenvalue weighted by molar-refractivity contribution is 6.10. The quantitative estimate of drug-likeness (QED) is 0.402. The van der Waals surface area contributed by atoms with Gasteiger partial charge in [-0.2, -0.15) is 18.4 Å². The van der Waals surface area contributed by atoms with Crippen LogP contribution < -0.4 is 4.90 Å². The van der Waals surface area contributed by atoms with E-state index in [0.29, 0.717) is 36.6 Å². The lowest BCUT2D eigenvalue weighted by molar-refractivity contribution is -0.138. The maximum absolute atomic E-state index is 14.5. The SMILES string of the molecule is CC(C)[C@H]1CN(C)CCN1Cc1cc2c(c(C(F)(F)F)c1)CN(c1cccc([C@]3(c4nncn4C)C[C@@H](C#N)C3)c1)C2=O.